The molecule has 1 N–H and O–H groups in total. The zero-order valence-corrected chi connectivity index (χ0v) is 9.94. The van der Waals surface area contributed by atoms with Gasteiger partial charge in [-0.2, -0.15) is 0 Å². The summed E-state index contributed by atoms with van der Waals surface area (Å²) in [5.41, 5.74) is 0.569. The summed E-state index contributed by atoms with van der Waals surface area (Å²) < 4.78 is 5.44. The van der Waals surface area contributed by atoms with Crippen molar-refractivity contribution in [2.75, 3.05) is 19.8 Å². The Kier molecular flexibility index (Phi) is 4.90. The van der Waals surface area contributed by atoms with Crippen molar-refractivity contribution in [2.24, 2.45) is 5.41 Å². The minimum atomic E-state index is 0.569. The maximum absolute atomic E-state index is 5.44. The number of nitrogens with one attached hydrogen (secondary N) is 1. The highest BCUT2D eigenvalue weighted by atomic mass is 16.5. The van der Waals surface area contributed by atoms with Crippen LogP contribution >= 0.6 is 0 Å². The number of hydrogen-bond donors (Lipinski definition) is 1. The normalized spacial score (nSPS) is 19.7. The van der Waals surface area contributed by atoms with Crippen LogP contribution in [0.3, 0.4) is 0 Å². The van der Waals surface area contributed by atoms with E-state index in [1.165, 1.54) is 32.2 Å². The van der Waals surface area contributed by atoms with Gasteiger partial charge in [-0.25, -0.2) is 0 Å². The van der Waals surface area contributed by atoms with Crippen molar-refractivity contribution in [1.82, 2.24) is 5.32 Å². The first kappa shape index (κ1) is 12.0. The summed E-state index contributed by atoms with van der Waals surface area (Å²) >= 11 is 0. The average molecular weight is 199 g/mol. The molecule has 2 heteroatoms. The summed E-state index contributed by atoms with van der Waals surface area (Å²) in [5.74, 6) is 0. The molecule has 84 valence electrons. The van der Waals surface area contributed by atoms with Gasteiger partial charge in [0.1, 0.15) is 0 Å². The largest absolute Gasteiger partial charge is 0.382 e. The van der Waals surface area contributed by atoms with Gasteiger partial charge >= 0.3 is 0 Å². The standard InChI is InChI=1S/C12H25NO/c1-4-14-9-8-12(6-5-7-12)10-13-11(2)3/h11,13H,4-10H2,1-3H3. The van der Waals surface area contributed by atoms with Crippen molar-refractivity contribution >= 4 is 0 Å². The topological polar surface area (TPSA) is 21.3 Å². The maximum Gasteiger partial charge on any atom is 0.0471 e. The Hall–Kier alpha value is -0.0800. The van der Waals surface area contributed by atoms with Gasteiger partial charge in [0.25, 0.3) is 0 Å². The van der Waals surface area contributed by atoms with Crippen LogP contribution in [0.4, 0.5) is 0 Å². The molecule has 0 heterocycles. The summed E-state index contributed by atoms with van der Waals surface area (Å²) in [4.78, 5) is 0. The first-order valence-corrected chi connectivity index (χ1v) is 6.00. The second-order valence-electron chi connectivity index (χ2n) is 4.84. The third kappa shape index (κ3) is 3.58. The van der Waals surface area contributed by atoms with Crippen LogP contribution in [0.5, 0.6) is 0 Å². The molecule has 0 radical (unpaired) electrons. The molecule has 1 aliphatic rings. The van der Waals surface area contributed by atoms with Crippen LogP contribution in [0.25, 0.3) is 0 Å². The molecule has 0 unspecified atom stereocenters. The quantitative estimate of drug-likeness (QED) is 0.636. The molecule has 0 amide bonds. The highest BCUT2D eigenvalue weighted by Gasteiger charge is 2.36. The SMILES string of the molecule is CCOCCC1(CNC(C)C)CCC1. The van der Waals surface area contributed by atoms with Crippen LogP contribution < -0.4 is 5.32 Å². The number of ether oxygens (including phenoxy) is 1. The third-order valence-corrected chi connectivity index (χ3v) is 3.28. The van der Waals surface area contributed by atoms with Crippen molar-refractivity contribution in [1.29, 1.82) is 0 Å². The van der Waals surface area contributed by atoms with E-state index in [-0.39, 0.29) is 0 Å². The lowest BCUT2D eigenvalue weighted by molar-refractivity contribution is 0.0526. The van der Waals surface area contributed by atoms with Crippen LogP contribution in [-0.2, 0) is 4.74 Å². The first-order valence-electron chi connectivity index (χ1n) is 6.00. The second-order valence-corrected chi connectivity index (χ2v) is 4.84. The van der Waals surface area contributed by atoms with Gasteiger partial charge in [0.15, 0.2) is 0 Å². The average Bonchev–Trinajstić information content (AvgIpc) is 2.08. The van der Waals surface area contributed by atoms with E-state index in [9.17, 15) is 0 Å². The zero-order chi connectivity index (χ0) is 10.4. The highest BCUT2D eigenvalue weighted by molar-refractivity contribution is 4.89. The molecule has 1 aliphatic carbocycles. The van der Waals surface area contributed by atoms with E-state index in [1.807, 2.05) is 0 Å². The highest BCUT2D eigenvalue weighted by Crippen LogP contribution is 2.43. The lowest BCUT2D eigenvalue weighted by atomic mass is 9.66. The Morgan fingerprint density at radius 1 is 1.36 bits per heavy atom. The Labute approximate surface area is 88.4 Å². The van der Waals surface area contributed by atoms with Crippen molar-refractivity contribution in [3.8, 4) is 0 Å². The molecular formula is C12H25NO. The van der Waals surface area contributed by atoms with Gasteiger partial charge in [0.2, 0.25) is 0 Å². The molecule has 0 saturated heterocycles. The Balaban J connectivity index is 2.19. The third-order valence-electron chi connectivity index (χ3n) is 3.28. The molecule has 2 nitrogen and oxygen atoms in total. The van der Waals surface area contributed by atoms with Gasteiger partial charge in [0.05, 0.1) is 0 Å². The molecule has 0 atom stereocenters. The molecule has 0 aliphatic heterocycles. The van der Waals surface area contributed by atoms with Crippen molar-refractivity contribution < 1.29 is 4.74 Å². The summed E-state index contributed by atoms with van der Waals surface area (Å²) in [7, 11) is 0. The van der Waals surface area contributed by atoms with Gasteiger partial charge < -0.3 is 10.1 Å². The molecule has 14 heavy (non-hydrogen) atoms. The second kappa shape index (κ2) is 5.72. The molecule has 0 aromatic carbocycles. The molecule has 0 spiro atoms. The van der Waals surface area contributed by atoms with Gasteiger partial charge in [-0.3, -0.25) is 0 Å². The fourth-order valence-electron chi connectivity index (χ4n) is 2.05. The molecule has 1 fully saturated rings. The molecule has 0 aromatic heterocycles. The van der Waals surface area contributed by atoms with Gasteiger partial charge in [0, 0.05) is 25.8 Å². The fraction of sp³-hybridized carbons (Fsp3) is 1.00. The van der Waals surface area contributed by atoms with Crippen molar-refractivity contribution in [2.45, 2.75) is 52.5 Å². The van der Waals surface area contributed by atoms with E-state index in [1.54, 1.807) is 0 Å². The summed E-state index contributed by atoms with van der Waals surface area (Å²) in [5, 5.41) is 3.56. The van der Waals surface area contributed by atoms with Crippen molar-refractivity contribution in [3.05, 3.63) is 0 Å². The van der Waals surface area contributed by atoms with E-state index < -0.39 is 0 Å². The predicted molar refractivity (Wildman–Crippen MR) is 60.5 cm³/mol. The zero-order valence-electron chi connectivity index (χ0n) is 9.94. The predicted octanol–water partition coefficient (Wildman–Crippen LogP) is 2.58. The van der Waals surface area contributed by atoms with Crippen LogP contribution in [0.1, 0.15) is 46.5 Å². The fourth-order valence-corrected chi connectivity index (χ4v) is 2.05. The first-order chi connectivity index (χ1) is 6.68. The molecule has 0 aromatic rings. The minimum Gasteiger partial charge on any atom is -0.382 e. The van der Waals surface area contributed by atoms with E-state index in [0.29, 0.717) is 11.5 Å². The van der Waals surface area contributed by atoms with Crippen LogP contribution in [0, 0.1) is 5.41 Å². The Morgan fingerprint density at radius 2 is 2.07 bits per heavy atom. The lowest BCUT2D eigenvalue weighted by Gasteiger charge is -2.42. The van der Waals surface area contributed by atoms with Crippen molar-refractivity contribution in [3.63, 3.8) is 0 Å². The van der Waals surface area contributed by atoms with Crippen LogP contribution in [0.15, 0.2) is 0 Å². The molecule has 0 bridgehead atoms. The van der Waals surface area contributed by atoms with Gasteiger partial charge in [-0.15, -0.1) is 0 Å². The smallest absolute Gasteiger partial charge is 0.0471 e. The van der Waals surface area contributed by atoms with E-state index in [2.05, 4.69) is 26.1 Å². The molecule has 1 saturated carbocycles. The summed E-state index contributed by atoms with van der Waals surface area (Å²) in [6, 6.07) is 0.611. The Morgan fingerprint density at radius 3 is 2.50 bits per heavy atom. The van der Waals surface area contributed by atoms with Crippen LogP contribution in [-0.4, -0.2) is 25.8 Å². The summed E-state index contributed by atoms with van der Waals surface area (Å²) in [6.07, 6.45) is 5.42. The lowest BCUT2D eigenvalue weighted by Crippen LogP contribution is -2.42. The van der Waals surface area contributed by atoms with Gasteiger partial charge in [-0.05, 0) is 31.6 Å². The summed E-state index contributed by atoms with van der Waals surface area (Å²) in [6.45, 7) is 9.48. The minimum absolute atomic E-state index is 0.569. The number of hydrogen-bond acceptors (Lipinski definition) is 2. The van der Waals surface area contributed by atoms with Crippen LogP contribution in [0.2, 0.25) is 0 Å². The maximum atomic E-state index is 5.44. The van der Waals surface area contributed by atoms with E-state index in [0.717, 1.165) is 13.2 Å². The number of rotatable bonds is 7. The molecular weight excluding hydrogens is 174 g/mol. The van der Waals surface area contributed by atoms with E-state index >= 15 is 0 Å². The molecule has 1 rings (SSSR count). The van der Waals surface area contributed by atoms with Gasteiger partial charge in [-0.1, -0.05) is 20.3 Å². The Bertz CT molecular complexity index is 152. The van der Waals surface area contributed by atoms with E-state index in [4.69, 9.17) is 4.74 Å². The monoisotopic (exact) mass is 199 g/mol.